The van der Waals surface area contributed by atoms with E-state index in [9.17, 15) is 0 Å². The Labute approximate surface area is 99.2 Å². The highest BCUT2D eigenvalue weighted by Gasteiger charge is 2.04. The minimum absolute atomic E-state index is 0.449. The third kappa shape index (κ3) is 2.29. The van der Waals surface area contributed by atoms with Gasteiger partial charge in [-0.25, -0.2) is 4.98 Å². The Balaban J connectivity index is 2.25. The van der Waals surface area contributed by atoms with Crippen LogP contribution in [-0.4, -0.2) is 4.98 Å². The zero-order valence-electron chi connectivity index (χ0n) is 9.10. The molecule has 16 heavy (non-hydrogen) atoms. The summed E-state index contributed by atoms with van der Waals surface area (Å²) >= 11 is 1.59. The SMILES string of the molecule is CCc1ccc(-c2ncc(CC#N)s2)cc1. The van der Waals surface area contributed by atoms with Crippen LogP contribution in [0.25, 0.3) is 10.6 Å². The average Bonchev–Trinajstić information content (AvgIpc) is 2.78. The monoisotopic (exact) mass is 228 g/mol. The van der Waals surface area contributed by atoms with E-state index in [4.69, 9.17) is 5.26 Å². The molecule has 1 aromatic heterocycles. The maximum absolute atomic E-state index is 8.60. The van der Waals surface area contributed by atoms with Crippen molar-refractivity contribution in [2.45, 2.75) is 19.8 Å². The number of nitriles is 1. The first-order valence-electron chi connectivity index (χ1n) is 5.24. The topological polar surface area (TPSA) is 36.7 Å². The molecular weight excluding hydrogens is 216 g/mol. The highest BCUT2D eigenvalue weighted by Crippen LogP contribution is 2.25. The molecule has 0 spiro atoms. The maximum atomic E-state index is 8.60. The van der Waals surface area contributed by atoms with Crippen LogP contribution in [-0.2, 0) is 12.8 Å². The number of aromatic nitrogens is 1. The van der Waals surface area contributed by atoms with Gasteiger partial charge in [0.15, 0.2) is 0 Å². The Bertz CT molecular complexity index is 505. The Kier molecular flexibility index (Phi) is 3.33. The molecule has 1 aromatic carbocycles. The molecule has 1 heterocycles. The van der Waals surface area contributed by atoms with Gasteiger partial charge in [0, 0.05) is 16.6 Å². The lowest BCUT2D eigenvalue weighted by molar-refractivity contribution is 1.14. The Hall–Kier alpha value is -1.66. The summed E-state index contributed by atoms with van der Waals surface area (Å²) < 4.78 is 0. The molecule has 0 atom stereocenters. The fourth-order valence-corrected chi connectivity index (χ4v) is 2.33. The van der Waals surface area contributed by atoms with Crippen molar-refractivity contribution in [2.24, 2.45) is 0 Å². The van der Waals surface area contributed by atoms with Crippen LogP contribution in [0.5, 0.6) is 0 Å². The van der Waals surface area contributed by atoms with Crippen molar-refractivity contribution < 1.29 is 0 Å². The van der Waals surface area contributed by atoms with Gasteiger partial charge in [-0.2, -0.15) is 5.26 Å². The minimum atomic E-state index is 0.449. The quantitative estimate of drug-likeness (QED) is 0.807. The third-order valence-corrected chi connectivity index (χ3v) is 3.46. The summed E-state index contributed by atoms with van der Waals surface area (Å²) in [7, 11) is 0. The summed E-state index contributed by atoms with van der Waals surface area (Å²) in [6.07, 6.45) is 3.29. The van der Waals surface area contributed by atoms with Crippen LogP contribution in [0.3, 0.4) is 0 Å². The molecule has 2 nitrogen and oxygen atoms in total. The van der Waals surface area contributed by atoms with Gasteiger partial charge in [0.05, 0.1) is 12.5 Å². The van der Waals surface area contributed by atoms with Crippen molar-refractivity contribution in [2.75, 3.05) is 0 Å². The summed E-state index contributed by atoms with van der Waals surface area (Å²) in [6.45, 7) is 2.14. The van der Waals surface area contributed by atoms with Gasteiger partial charge in [0.1, 0.15) is 5.01 Å². The molecule has 0 aliphatic rings. The van der Waals surface area contributed by atoms with Gasteiger partial charge in [0.2, 0.25) is 0 Å². The first-order chi connectivity index (χ1) is 7.83. The van der Waals surface area contributed by atoms with E-state index < -0.39 is 0 Å². The first kappa shape index (κ1) is 10.8. The van der Waals surface area contributed by atoms with Crippen molar-refractivity contribution in [3.05, 3.63) is 40.9 Å². The van der Waals surface area contributed by atoms with Crippen LogP contribution < -0.4 is 0 Å². The van der Waals surface area contributed by atoms with Crippen LogP contribution in [0, 0.1) is 11.3 Å². The molecular formula is C13H12N2S. The van der Waals surface area contributed by atoms with Crippen LogP contribution in [0.1, 0.15) is 17.4 Å². The summed E-state index contributed by atoms with van der Waals surface area (Å²) in [4.78, 5) is 5.35. The lowest BCUT2D eigenvalue weighted by Crippen LogP contribution is -1.80. The van der Waals surface area contributed by atoms with E-state index in [1.165, 1.54) is 5.56 Å². The number of rotatable bonds is 3. The summed E-state index contributed by atoms with van der Waals surface area (Å²) in [5.74, 6) is 0. The molecule has 0 bridgehead atoms. The normalized spacial score (nSPS) is 10.0. The molecule has 0 aliphatic heterocycles. The van der Waals surface area contributed by atoms with Crippen molar-refractivity contribution in [3.8, 4) is 16.6 Å². The van der Waals surface area contributed by atoms with Gasteiger partial charge in [0.25, 0.3) is 0 Å². The first-order valence-corrected chi connectivity index (χ1v) is 6.06. The minimum Gasteiger partial charge on any atom is -0.244 e. The number of nitrogens with zero attached hydrogens (tertiary/aromatic N) is 2. The molecule has 0 N–H and O–H groups in total. The van der Waals surface area contributed by atoms with Gasteiger partial charge in [-0.05, 0) is 12.0 Å². The molecule has 0 unspecified atom stereocenters. The molecule has 80 valence electrons. The zero-order chi connectivity index (χ0) is 11.4. The van der Waals surface area contributed by atoms with E-state index in [0.717, 1.165) is 21.9 Å². The van der Waals surface area contributed by atoms with Gasteiger partial charge in [-0.3, -0.25) is 0 Å². The van der Waals surface area contributed by atoms with E-state index in [1.54, 1.807) is 17.5 Å². The molecule has 0 saturated carbocycles. The predicted octanol–water partition coefficient (Wildman–Crippen LogP) is 3.44. The van der Waals surface area contributed by atoms with Gasteiger partial charge in [-0.1, -0.05) is 31.2 Å². The largest absolute Gasteiger partial charge is 0.244 e. The molecule has 0 radical (unpaired) electrons. The molecule has 0 fully saturated rings. The van der Waals surface area contributed by atoms with E-state index >= 15 is 0 Å². The molecule has 0 aliphatic carbocycles. The molecule has 0 saturated heterocycles. The molecule has 2 aromatic rings. The number of aryl methyl sites for hydroxylation is 1. The number of benzene rings is 1. The smallest absolute Gasteiger partial charge is 0.123 e. The van der Waals surface area contributed by atoms with Crippen molar-refractivity contribution in [1.29, 1.82) is 5.26 Å². The van der Waals surface area contributed by atoms with Gasteiger partial charge < -0.3 is 0 Å². The van der Waals surface area contributed by atoms with Crippen LogP contribution in [0.15, 0.2) is 30.5 Å². The van der Waals surface area contributed by atoms with Gasteiger partial charge >= 0.3 is 0 Å². The van der Waals surface area contributed by atoms with E-state index in [1.807, 2.05) is 0 Å². The average molecular weight is 228 g/mol. The number of hydrogen-bond acceptors (Lipinski definition) is 3. The van der Waals surface area contributed by atoms with Crippen LogP contribution in [0.2, 0.25) is 0 Å². The second-order valence-electron chi connectivity index (χ2n) is 3.52. The Morgan fingerprint density at radius 3 is 2.69 bits per heavy atom. The Morgan fingerprint density at radius 1 is 1.31 bits per heavy atom. The standard InChI is InChI=1S/C13H12N2S/c1-2-10-3-5-11(6-4-10)13-15-9-12(16-13)7-8-14/h3-6,9H,2,7H2,1H3. The predicted molar refractivity (Wildman–Crippen MR) is 66.2 cm³/mol. The second-order valence-corrected chi connectivity index (χ2v) is 4.63. The lowest BCUT2D eigenvalue weighted by atomic mass is 10.1. The highest BCUT2D eigenvalue weighted by atomic mass is 32.1. The van der Waals surface area contributed by atoms with Crippen molar-refractivity contribution >= 4 is 11.3 Å². The van der Waals surface area contributed by atoms with Gasteiger partial charge in [-0.15, -0.1) is 11.3 Å². The van der Waals surface area contributed by atoms with Crippen LogP contribution >= 0.6 is 11.3 Å². The molecule has 2 rings (SSSR count). The Morgan fingerprint density at radius 2 is 2.06 bits per heavy atom. The number of hydrogen-bond donors (Lipinski definition) is 0. The molecule has 0 amide bonds. The fourth-order valence-electron chi connectivity index (χ4n) is 1.48. The number of thiazole rings is 1. The van der Waals surface area contributed by atoms with Crippen molar-refractivity contribution in [3.63, 3.8) is 0 Å². The zero-order valence-corrected chi connectivity index (χ0v) is 9.92. The molecule has 3 heteroatoms. The van der Waals surface area contributed by atoms with Crippen LogP contribution in [0.4, 0.5) is 0 Å². The lowest BCUT2D eigenvalue weighted by Gasteiger charge is -1.98. The van der Waals surface area contributed by atoms with E-state index in [0.29, 0.717) is 6.42 Å². The van der Waals surface area contributed by atoms with E-state index in [-0.39, 0.29) is 0 Å². The summed E-state index contributed by atoms with van der Waals surface area (Å²) in [5, 5.41) is 9.59. The third-order valence-electron chi connectivity index (χ3n) is 2.42. The summed E-state index contributed by atoms with van der Waals surface area (Å²) in [6, 6.07) is 10.6. The highest BCUT2D eigenvalue weighted by molar-refractivity contribution is 7.15. The second kappa shape index (κ2) is 4.91. The van der Waals surface area contributed by atoms with Crippen molar-refractivity contribution in [1.82, 2.24) is 4.98 Å². The fraction of sp³-hybridized carbons (Fsp3) is 0.231. The van der Waals surface area contributed by atoms with E-state index in [2.05, 4.69) is 42.2 Å². The summed E-state index contributed by atoms with van der Waals surface area (Å²) in [5.41, 5.74) is 2.46. The maximum Gasteiger partial charge on any atom is 0.123 e.